The Hall–Kier alpha value is -1.54. The van der Waals surface area contributed by atoms with E-state index in [9.17, 15) is 4.79 Å². The van der Waals surface area contributed by atoms with Crippen LogP contribution in [0.1, 0.15) is 29.8 Å². The number of ether oxygens (including phenoxy) is 1. The third-order valence-corrected chi connectivity index (χ3v) is 6.27. The summed E-state index contributed by atoms with van der Waals surface area (Å²) < 4.78 is 5.16. The highest BCUT2D eigenvalue weighted by atomic mass is 35.5. The van der Waals surface area contributed by atoms with E-state index in [4.69, 9.17) is 4.74 Å². The first-order chi connectivity index (χ1) is 12.7. The Morgan fingerprint density at radius 2 is 1.93 bits per heavy atom. The minimum Gasteiger partial charge on any atom is -0.497 e. The number of rotatable bonds is 4. The second-order valence-corrected chi connectivity index (χ2v) is 7.97. The Bertz CT molecular complexity index is 768. The molecule has 1 spiro atoms. The number of carbonyl (C=O) groups excluding carboxylic acids is 1. The molecule has 0 radical (unpaired) electrons. The summed E-state index contributed by atoms with van der Waals surface area (Å²) in [4.78, 5) is 19.2. The minimum absolute atomic E-state index is 0. The molecule has 2 fully saturated rings. The molecule has 1 aromatic heterocycles. The molecule has 154 valence electrons. The van der Waals surface area contributed by atoms with Gasteiger partial charge in [-0.1, -0.05) is 0 Å². The molecule has 2 aromatic rings. The van der Waals surface area contributed by atoms with Crippen molar-refractivity contribution in [1.29, 1.82) is 0 Å². The van der Waals surface area contributed by atoms with E-state index in [1.54, 1.807) is 7.11 Å². The zero-order chi connectivity index (χ0) is 18.0. The van der Waals surface area contributed by atoms with Gasteiger partial charge < -0.3 is 20.3 Å². The van der Waals surface area contributed by atoms with Gasteiger partial charge in [0.1, 0.15) is 11.4 Å². The zero-order valence-electron chi connectivity index (χ0n) is 15.8. The average Bonchev–Trinajstić information content (AvgIpc) is 3.33. The summed E-state index contributed by atoms with van der Waals surface area (Å²) in [5.74, 6) is 0.857. The highest BCUT2D eigenvalue weighted by Gasteiger charge is 2.38. The van der Waals surface area contributed by atoms with Gasteiger partial charge in [-0.05, 0) is 55.5 Å². The summed E-state index contributed by atoms with van der Waals surface area (Å²) in [6.07, 6.45) is 3.42. The molecule has 0 atom stereocenters. The van der Waals surface area contributed by atoms with Crippen molar-refractivity contribution in [2.75, 3.05) is 38.6 Å². The van der Waals surface area contributed by atoms with E-state index < -0.39 is 0 Å². The highest BCUT2D eigenvalue weighted by molar-refractivity contribution is 7.14. The lowest BCUT2D eigenvalue weighted by atomic mass is 9.78. The molecule has 0 saturated carbocycles. The monoisotopic (exact) mass is 444 g/mol. The molecule has 0 bridgehead atoms. The highest BCUT2D eigenvalue weighted by Crippen LogP contribution is 2.37. The molecular formula is C19H26Cl2N4O2S. The van der Waals surface area contributed by atoms with E-state index in [0.29, 0.717) is 11.1 Å². The van der Waals surface area contributed by atoms with Crippen LogP contribution in [0.2, 0.25) is 0 Å². The maximum Gasteiger partial charge on any atom is 0.273 e. The molecule has 2 aliphatic rings. The topological polar surface area (TPSA) is 66.5 Å². The number of hydrogen-bond acceptors (Lipinski definition) is 6. The predicted molar refractivity (Wildman–Crippen MR) is 118 cm³/mol. The number of amides is 1. The molecule has 1 amide bonds. The molecule has 0 unspecified atom stereocenters. The first-order valence-corrected chi connectivity index (χ1v) is 9.92. The summed E-state index contributed by atoms with van der Waals surface area (Å²) in [5, 5.41) is 9.28. The van der Waals surface area contributed by atoms with Gasteiger partial charge in [-0.15, -0.1) is 36.2 Å². The number of nitrogens with one attached hydrogen (secondary N) is 2. The standard InChI is InChI=1S/C19H24N4O2S.2ClH/c1-25-15-4-2-14(3-5-15)21-18-22-16(12-26-18)17(24)23-10-7-19(8-11-23)6-9-20-13-19;;/h2-5,12,20H,6-11,13H2,1H3,(H,21,22);2*1H. The zero-order valence-corrected chi connectivity index (χ0v) is 18.2. The van der Waals surface area contributed by atoms with Gasteiger partial charge in [-0.2, -0.15) is 0 Å². The molecule has 0 aliphatic carbocycles. The van der Waals surface area contributed by atoms with Crippen LogP contribution in [-0.2, 0) is 0 Å². The summed E-state index contributed by atoms with van der Waals surface area (Å²) >= 11 is 1.45. The third kappa shape index (κ3) is 4.89. The molecule has 28 heavy (non-hydrogen) atoms. The van der Waals surface area contributed by atoms with Crippen LogP contribution < -0.4 is 15.4 Å². The fraction of sp³-hybridized carbons (Fsp3) is 0.474. The maximum atomic E-state index is 12.8. The number of thiazole rings is 1. The average molecular weight is 445 g/mol. The Morgan fingerprint density at radius 3 is 2.54 bits per heavy atom. The van der Waals surface area contributed by atoms with E-state index in [2.05, 4.69) is 15.6 Å². The summed E-state index contributed by atoms with van der Waals surface area (Å²) in [6.45, 7) is 3.88. The number of piperidine rings is 1. The summed E-state index contributed by atoms with van der Waals surface area (Å²) in [5.41, 5.74) is 1.87. The van der Waals surface area contributed by atoms with Crippen molar-refractivity contribution in [1.82, 2.24) is 15.2 Å². The number of benzene rings is 1. The van der Waals surface area contributed by atoms with Gasteiger partial charge in [0, 0.05) is 30.7 Å². The molecule has 2 aliphatic heterocycles. The number of carbonyl (C=O) groups is 1. The van der Waals surface area contributed by atoms with E-state index in [1.165, 1.54) is 17.8 Å². The fourth-order valence-corrected chi connectivity index (χ4v) is 4.50. The Morgan fingerprint density at radius 1 is 1.21 bits per heavy atom. The van der Waals surface area contributed by atoms with E-state index in [1.807, 2.05) is 34.5 Å². The van der Waals surface area contributed by atoms with E-state index >= 15 is 0 Å². The molecule has 4 rings (SSSR count). The lowest BCUT2D eigenvalue weighted by Crippen LogP contribution is -2.44. The number of hydrogen-bond donors (Lipinski definition) is 2. The van der Waals surface area contributed by atoms with Crippen LogP contribution in [-0.4, -0.2) is 49.1 Å². The van der Waals surface area contributed by atoms with Crippen LogP contribution in [0.5, 0.6) is 5.75 Å². The van der Waals surface area contributed by atoms with Crippen molar-refractivity contribution in [3.05, 3.63) is 35.3 Å². The fourth-order valence-electron chi connectivity index (χ4n) is 3.80. The number of anilines is 2. The number of methoxy groups -OCH3 is 1. The normalized spacial score (nSPS) is 17.5. The van der Waals surface area contributed by atoms with Gasteiger partial charge in [-0.3, -0.25) is 4.79 Å². The van der Waals surface area contributed by atoms with Crippen molar-refractivity contribution in [3.63, 3.8) is 0 Å². The van der Waals surface area contributed by atoms with Gasteiger partial charge in [0.05, 0.1) is 7.11 Å². The van der Waals surface area contributed by atoms with Crippen molar-refractivity contribution in [2.45, 2.75) is 19.3 Å². The number of aromatic nitrogens is 1. The Labute approximate surface area is 181 Å². The quantitative estimate of drug-likeness (QED) is 0.746. The lowest BCUT2D eigenvalue weighted by Gasteiger charge is -2.38. The third-order valence-electron chi connectivity index (χ3n) is 5.51. The van der Waals surface area contributed by atoms with Gasteiger partial charge in [0.15, 0.2) is 5.13 Å². The second-order valence-electron chi connectivity index (χ2n) is 7.11. The van der Waals surface area contributed by atoms with Crippen LogP contribution in [0.3, 0.4) is 0 Å². The van der Waals surface area contributed by atoms with Gasteiger partial charge in [0.2, 0.25) is 0 Å². The van der Waals surface area contributed by atoms with Crippen LogP contribution in [0.25, 0.3) is 0 Å². The SMILES string of the molecule is COc1ccc(Nc2nc(C(=O)N3CCC4(CCNC4)CC3)cs2)cc1.Cl.Cl. The summed E-state index contributed by atoms with van der Waals surface area (Å²) in [6, 6.07) is 7.65. The second kappa shape index (κ2) is 9.78. The molecule has 9 heteroatoms. The number of likely N-dealkylation sites (tertiary alicyclic amines) is 1. The van der Waals surface area contributed by atoms with E-state index in [-0.39, 0.29) is 30.7 Å². The first kappa shape index (κ1) is 22.7. The van der Waals surface area contributed by atoms with Gasteiger partial charge in [0.25, 0.3) is 5.91 Å². The molecule has 1 aromatic carbocycles. The van der Waals surface area contributed by atoms with Crippen LogP contribution in [0, 0.1) is 5.41 Å². The van der Waals surface area contributed by atoms with Crippen molar-refractivity contribution in [2.24, 2.45) is 5.41 Å². The summed E-state index contributed by atoms with van der Waals surface area (Å²) in [7, 11) is 1.65. The molecule has 2 N–H and O–H groups in total. The first-order valence-electron chi connectivity index (χ1n) is 9.04. The number of halogens is 2. The van der Waals surface area contributed by atoms with Crippen LogP contribution in [0.4, 0.5) is 10.8 Å². The smallest absolute Gasteiger partial charge is 0.273 e. The Kier molecular flexibility index (Phi) is 7.95. The largest absolute Gasteiger partial charge is 0.497 e. The maximum absolute atomic E-state index is 12.8. The molecular weight excluding hydrogens is 419 g/mol. The van der Waals surface area contributed by atoms with Crippen molar-refractivity contribution >= 4 is 52.9 Å². The van der Waals surface area contributed by atoms with Crippen LogP contribution in [0.15, 0.2) is 29.6 Å². The molecule has 6 nitrogen and oxygen atoms in total. The lowest BCUT2D eigenvalue weighted by molar-refractivity contribution is 0.0603. The minimum atomic E-state index is 0. The number of nitrogens with zero attached hydrogens (tertiary/aromatic N) is 2. The van der Waals surface area contributed by atoms with Crippen molar-refractivity contribution < 1.29 is 9.53 Å². The molecule has 2 saturated heterocycles. The van der Waals surface area contributed by atoms with E-state index in [0.717, 1.165) is 55.6 Å². The Balaban J connectivity index is 0.00000140. The predicted octanol–water partition coefficient (Wildman–Crippen LogP) is 3.95. The van der Waals surface area contributed by atoms with Gasteiger partial charge >= 0.3 is 0 Å². The van der Waals surface area contributed by atoms with Gasteiger partial charge in [-0.25, -0.2) is 4.98 Å². The molecule has 3 heterocycles. The van der Waals surface area contributed by atoms with Crippen LogP contribution >= 0.6 is 36.2 Å². The van der Waals surface area contributed by atoms with Crippen molar-refractivity contribution in [3.8, 4) is 5.75 Å².